The Morgan fingerprint density at radius 3 is 2.56 bits per heavy atom. The summed E-state index contributed by atoms with van der Waals surface area (Å²) in [7, 11) is 0. The van der Waals surface area contributed by atoms with Gasteiger partial charge in [0.1, 0.15) is 10.6 Å². The van der Waals surface area contributed by atoms with E-state index in [4.69, 9.17) is 4.74 Å². The maximum absolute atomic E-state index is 12.5. The molecular formula is C20H21N2O3S2+. The van der Waals surface area contributed by atoms with Crippen LogP contribution in [0.3, 0.4) is 0 Å². The standard InChI is InChI=1S/C20H20N2O3S2/c1-3-14-7-9-22(10-8-14)12-17(23)21-19-18(20(24)25-4-2)15(13-27-19)16-6-5-11-26-16/h5-11,13H,3-4,12H2,1-2H3/p+1. The predicted octanol–water partition coefficient (Wildman–Crippen LogP) is 4.14. The van der Waals surface area contributed by atoms with Crippen molar-refractivity contribution in [2.24, 2.45) is 0 Å². The number of nitrogens with one attached hydrogen (secondary N) is 1. The fraction of sp³-hybridized carbons (Fsp3) is 0.250. The van der Waals surface area contributed by atoms with Gasteiger partial charge in [0, 0.05) is 28.0 Å². The van der Waals surface area contributed by atoms with Crippen LogP contribution in [0.15, 0.2) is 47.4 Å². The number of anilines is 1. The molecule has 0 aliphatic rings. The third-order valence-corrected chi connectivity index (χ3v) is 5.80. The number of nitrogens with zero attached hydrogens (tertiary/aromatic N) is 1. The van der Waals surface area contributed by atoms with Crippen LogP contribution in [-0.2, 0) is 22.5 Å². The quantitative estimate of drug-likeness (QED) is 0.478. The van der Waals surface area contributed by atoms with E-state index in [2.05, 4.69) is 12.2 Å². The van der Waals surface area contributed by atoms with E-state index in [1.807, 2.05) is 52.0 Å². The molecule has 1 amide bonds. The van der Waals surface area contributed by atoms with Crippen LogP contribution in [0.1, 0.15) is 29.8 Å². The Bertz CT molecular complexity index is 915. The molecule has 0 spiro atoms. The van der Waals surface area contributed by atoms with Crippen molar-refractivity contribution in [3.05, 3.63) is 58.5 Å². The van der Waals surface area contributed by atoms with Gasteiger partial charge in [0.25, 0.3) is 5.91 Å². The van der Waals surface area contributed by atoms with Gasteiger partial charge < -0.3 is 10.1 Å². The molecule has 0 aliphatic heterocycles. The molecule has 0 saturated carbocycles. The smallest absolute Gasteiger partial charge is 0.341 e. The Hall–Kier alpha value is -2.51. The van der Waals surface area contributed by atoms with E-state index >= 15 is 0 Å². The maximum Gasteiger partial charge on any atom is 0.341 e. The molecule has 0 radical (unpaired) electrons. The lowest BCUT2D eigenvalue weighted by molar-refractivity contribution is -0.684. The minimum absolute atomic E-state index is 0.179. The van der Waals surface area contributed by atoms with Crippen LogP contribution in [0.25, 0.3) is 10.4 Å². The van der Waals surface area contributed by atoms with Crippen molar-refractivity contribution >= 4 is 39.6 Å². The maximum atomic E-state index is 12.5. The van der Waals surface area contributed by atoms with E-state index in [1.54, 1.807) is 18.3 Å². The van der Waals surface area contributed by atoms with Crippen LogP contribution >= 0.6 is 22.7 Å². The van der Waals surface area contributed by atoms with Gasteiger partial charge in [0.2, 0.25) is 6.54 Å². The third-order valence-electron chi connectivity index (χ3n) is 4.00. The van der Waals surface area contributed by atoms with Gasteiger partial charge in [0.15, 0.2) is 12.4 Å². The molecule has 0 aliphatic carbocycles. The molecule has 5 nitrogen and oxygen atoms in total. The Labute approximate surface area is 166 Å². The number of carbonyl (C=O) groups excluding carboxylic acids is 2. The van der Waals surface area contributed by atoms with Gasteiger partial charge in [-0.25, -0.2) is 4.79 Å². The summed E-state index contributed by atoms with van der Waals surface area (Å²) in [4.78, 5) is 25.9. The molecule has 3 aromatic heterocycles. The first kappa shape index (κ1) is 19.3. The van der Waals surface area contributed by atoms with E-state index in [0.29, 0.717) is 10.6 Å². The number of thiophene rings is 2. The van der Waals surface area contributed by atoms with Crippen molar-refractivity contribution in [2.75, 3.05) is 11.9 Å². The zero-order chi connectivity index (χ0) is 19.2. The van der Waals surface area contributed by atoms with Gasteiger partial charge in [-0.1, -0.05) is 13.0 Å². The normalized spacial score (nSPS) is 10.6. The van der Waals surface area contributed by atoms with Gasteiger partial charge in [-0.15, -0.1) is 22.7 Å². The van der Waals surface area contributed by atoms with Crippen LogP contribution in [0, 0.1) is 0 Å². The van der Waals surface area contributed by atoms with Gasteiger partial charge in [-0.3, -0.25) is 4.79 Å². The molecule has 0 unspecified atom stereocenters. The van der Waals surface area contributed by atoms with E-state index in [1.165, 1.54) is 16.9 Å². The number of ether oxygens (including phenoxy) is 1. The summed E-state index contributed by atoms with van der Waals surface area (Å²) in [6, 6.07) is 7.88. The lowest BCUT2D eigenvalue weighted by Gasteiger charge is -2.07. The van der Waals surface area contributed by atoms with E-state index in [-0.39, 0.29) is 19.1 Å². The highest BCUT2D eigenvalue weighted by Crippen LogP contribution is 2.38. The number of carbonyl (C=O) groups is 2. The molecule has 0 atom stereocenters. The van der Waals surface area contributed by atoms with Crippen molar-refractivity contribution in [1.29, 1.82) is 0 Å². The summed E-state index contributed by atoms with van der Waals surface area (Å²) in [5.74, 6) is -0.605. The Kier molecular flexibility index (Phi) is 6.36. The molecule has 3 aromatic rings. The number of pyridine rings is 1. The summed E-state index contributed by atoms with van der Waals surface area (Å²) >= 11 is 2.88. The molecule has 3 rings (SSSR count). The van der Waals surface area contributed by atoms with E-state index < -0.39 is 5.97 Å². The lowest BCUT2D eigenvalue weighted by Crippen LogP contribution is -2.39. The number of aryl methyl sites for hydroxylation is 1. The molecule has 7 heteroatoms. The topological polar surface area (TPSA) is 59.3 Å². The van der Waals surface area contributed by atoms with Crippen molar-refractivity contribution in [3.8, 4) is 10.4 Å². The highest BCUT2D eigenvalue weighted by atomic mass is 32.1. The number of hydrogen-bond donors (Lipinski definition) is 1. The highest BCUT2D eigenvalue weighted by molar-refractivity contribution is 7.17. The zero-order valence-corrected chi connectivity index (χ0v) is 16.9. The Balaban J connectivity index is 1.80. The fourth-order valence-corrected chi connectivity index (χ4v) is 4.42. The largest absolute Gasteiger partial charge is 0.462 e. The Morgan fingerprint density at radius 2 is 1.93 bits per heavy atom. The van der Waals surface area contributed by atoms with Crippen molar-refractivity contribution in [1.82, 2.24) is 0 Å². The molecule has 1 N–H and O–H groups in total. The number of rotatable bonds is 7. The van der Waals surface area contributed by atoms with Crippen molar-refractivity contribution < 1.29 is 18.9 Å². The van der Waals surface area contributed by atoms with Crippen molar-refractivity contribution in [3.63, 3.8) is 0 Å². The monoisotopic (exact) mass is 401 g/mol. The fourth-order valence-electron chi connectivity index (χ4n) is 2.63. The van der Waals surface area contributed by atoms with Gasteiger partial charge in [-0.05, 0) is 30.4 Å². The first-order valence-electron chi connectivity index (χ1n) is 8.72. The summed E-state index contributed by atoms with van der Waals surface area (Å²) in [6.45, 7) is 4.32. The number of aromatic nitrogens is 1. The summed E-state index contributed by atoms with van der Waals surface area (Å²) in [5, 5.41) is 7.23. The molecule has 0 saturated heterocycles. The molecule has 0 fully saturated rings. The number of hydrogen-bond acceptors (Lipinski definition) is 5. The average Bonchev–Trinajstić information content (AvgIpc) is 3.32. The second-order valence-corrected chi connectivity index (χ2v) is 7.66. The van der Waals surface area contributed by atoms with Gasteiger partial charge >= 0.3 is 5.97 Å². The number of esters is 1. The minimum Gasteiger partial charge on any atom is -0.462 e. The zero-order valence-electron chi connectivity index (χ0n) is 15.2. The first-order valence-corrected chi connectivity index (χ1v) is 10.5. The van der Waals surface area contributed by atoms with E-state index in [0.717, 1.165) is 16.9 Å². The summed E-state index contributed by atoms with van der Waals surface area (Å²) in [5.41, 5.74) is 2.43. The molecule has 0 aromatic carbocycles. The molecular weight excluding hydrogens is 380 g/mol. The lowest BCUT2D eigenvalue weighted by atomic mass is 10.1. The summed E-state index contributed by atoms with van der Waals surface area (Å²) in [6.07, 6.45) is 4.73. The van der Waals surface area contributed by atoms with Crippen LogP contribution in [-0.4, -0.2) is 18.5 Å². The summed E-state index contributed by atoms with van der Waals surface area (Å²) < 4.78 is 7.02. The van der Waals surface area contributed by atoms with Crippen molar-refractivity contribution in [2.45, 2.75) is 26.8 Å². The molecule has 3 heterocycles. The molecule has 27 heavy (non-hydrogen) atoms. The molecule has 0 bridgehead atoms. The third kappa shape index (κ3) is 4.61. The second-order valence-electron chi connectivity index (χ2n) is 5.83. The Morgan fingerprint density at radius 1 is 1.15 bits per heavy atom. The minimum atomic E-state index is -0.419. The highest BCUT2D eigenvalue weighted by Gasteiger charge is 2.24. The van der Waals surface area contributed by atoms with E-state index in [9.17, 15) is 9.59 Å². The van der Waals surface area contributed by atoms with Gasteiger partial charge in [-0.2, -0.15) is 4.57 Å². The molecule has 140 valence electrons. The number of amides is 1. The SMILES string of the molecule is CCOC(=O)c1c(-c2cccs2)csc1NC(=O)C[n+]1ccc(CC)cc1. The average molecular weight is 402 g/mol. The first-order chi connectivity index (χ1) is 13.1. The van der Waals surface area contributed by atoms with Crippen LogP contribution < -0.4 is 9.88 Å². The van der Waals surface area contributed by atoms with Gasteiger partial charge in [0.05, 0.1) is 6.61 Å². The predicted molar refractivity (Wildman–Crippen MR) is 108 cm³/mol. The van der Waals surface area contributed by atoms with Crippen LogP contribution in [0.5, 0.6) is 0 Å². The second kappa shape index (κ2) is 8.92. The van der Waals surface area contributed by atoms with Crippen LogP contribution in [0.4, 0.5) is 5.00 Å². The van der Waals surface area contributed by atoms with Crippen LogP contribution in [0.2, 0.25) is 0 Å².